The molecule has 0 N–H and O–H groups in total. The van der Waals surface area contributed by atoms with E-state index in [1.54, 1.807) is 17.0 Å². The Morgan fingerprint density at radius 1 is 1.27 bits per heavy atom. The van der Waals surface area contributed by atoms with Gasteiger partial charge in [-0.15, -0.1) is 0 Å². The second-order valence-corrected chi connectivity index (χ2v) is 7.83. The molecule has 0 saturated carbocycles. The fourth-order valence-corrected chi connectivity index (χ4v) is 3.31. The Hall–Kier alpha value is -2.37. The van der Waals surface area contributed by atoms with Crippen molar-refractivity contribution in [3.8, 4) is 0 Å². The zero-order valence-electron chi connectivity index (χ0n) is 16.0. The van der Waals surface area contributed by atoms with E-state index >= 15 is 0 Å². The van der Waals surface area contributed by atoms with Crippen LogP contribution in [0.1, 0.15) is 56.3 Å². The van der Waals surface area contributed by atoms with Crippen LogP contribution in [0, 0.1) is 12.7 Å². The minimum Gasteiger partial charge on any atom is -0.444 e. The number of benzene rings is 1. The summed E-state index contributed by atoms with van der Waals surface area (Å²) in [5, 5.41) is 4.70. The van der Waals surface area contributed by atoms with Gasteiger partial charge in [-0.1, -0.05) is 12.1 Å². The molecular weight excluding hydrogens is 333 g/mol. The van der Waals surface area contributed by atoms with Crippen LogP contribution in [0.5, 0.6) is 0 Å². The molecule has 0 radical (unpaired) electrons. The molecule has 3 rings (SSSR count). The minimum atomic E-state index is -0.519. The van der Waals surface area contributed by atoms with Gasteiger partial charge in [-0.3, -0.25) is 4.68 Å². The summed E-state index contributed by atoms with van der Waals surface area (Å²) in [6.45, 7) is 10.7. The number of carbonyl (C=O) groups excluding carboxylic acids is 1. The molecule has 1 aromatic carbocycles. The van der Waals surface area contributed by atoms with Crippen molar-refractivity contribution in [3.63, 3.8) is 0 Å². The van der Waals surface area contributed by atoms with E-state index in [2.05, 4.69) is 0 Å². The highest BCUT2D eigenvalue weighted by atomic mass is 19.1. The number of rotatable bonds is 2. The largest absolute Gasteiger partial charge is 0.444 e. The number of hydrogen-bond acceptors (Lipinski definition) is 3. The highest BCUT2D eigenvalue weighted by molar-refractivity contribution is 5.68. The number of hydrogen-bond donors (Lipinski definition) is 0. The molecule has 2 heterocycles. The van der Waals surface area contributed by atoms with E-state index < -0.39 is 5.60 Å². The lowest BCUT2D eigenvalue weighted by Crippen LogP contribution is -2.40. The van der Waals surface area contributed by atoms with Crippen LogP contribution in [0.2, 0.25) is 0 Å². The van der Waals surface area contributed by atoms with E-state index in [0.29, 0.717) is 13.1 Å². The maximum Gasteiger partial charge on any atom is 0.410 e. The summed E-state index contributed by atoms with van der Waals surface area (Å²) in [4.78, 5) is 14.2. The normalized spacial score (nSPS) is 15.5. The summed E-state index contributed by atoms with van der Waals surface area (Å²) >= 11 is 0. The molecule has 1 amide bonds. The first-order valence-electron chi connectivity index (χ1n) is 8.96. The second kappa shape index (κ2) is 6.74. The molecule has 0 aliphatic carbocycles. The molecule has 0 bridgehead atoms. The molecule has 1 aliphatic rings. The molecule has 1 atom stereocenters. The van der Waals surface area contributed by atoms with Crippen LogP contribution in [-0.4, -0.2) is 32.9 Å². The predicted molar refractivity (Wildman–Crippen MR) is 97.5 cm³/mol. The first-order chi connectivity index (χ1) is 12.2. The molecule has 1 aliphatic heterocycles. The number of fused-ring (bicyclic) bond motifs is 1. The maximum absolute atomic E-state index is 13.2. The Labute approximate surface area is 153 Å². The number of halogens is 1. The summed E-state index contributed by atoms with van der Waals surface area (Å²) < 4.78 is 20.7. The van der Waals surface area contributed by atoms with Gasteiger partial charge >= 0.3 is 6.09 Å². The molecule has 0 saturated heterocycles. The monoisotopic (exact) mass is 359 g/mol. The van der Waals surface area contributed by atoms with Crippen molar-refractivity contribution < 1.29 is 13.9 Å². The summed E-state index contributed by atoms with van der Waals surface area (Å²) in [6, 6.07) is 6.43. The van der Waals surface area contributed by atoms with E-state index in [9.17, 15) is 9.18 Å². The minimum absolute atomic E-state index is 0.0448. The topological polar surface area (TPSA) is 47.4 Å². The first-order valence-corrected chi connectivity index (χ1v) is 8.96. The number of carbonyl (C=O) groups is 1. The fourth-order valence-electron chi connectivity index (χ4n) is 3.31. The number of aryl methyl sites for hydroxylation is 1. The molecule has 1 aromatic heterocycles. The molecular formula is C20H26FN3O2. The Kier molecular flexibility index (Phi) is 4.78. The van der Waals surface area contributed by atoms with Gasteiger partial charge in [-0.25, -0.2) is 9.18 Å². The van der Waals surface area contributed by atoms with Crippen molar-refractivity contribution in [1.82, 2.24) is 14.7 Å². The summed E-state index contributed by atoms with van der Waals surface area (Å²) in [5.41, 5.74) is 3.66. The summed E-state index contributed by atoms with van der Waals surface area (Å²) in [5.74, 6) is -0.254. The lowest BCUT2D eigenvalue weighted by Gasteiger charge is -2.31. The van der Waals surface area contributed by atoms with Crippen molar-refractivity contribution in [2.45, 2.75) is 59.2 Å². The fraction of sp³-hybridized carbons (Fsp3) is 0.500. The highest BCUT2D eigenvalue weighted by Crippen LogP contribution is 2.28. The Balaban J connectivity index is 1.87. The van der Waals surface area contributed by atoms with Gasteiger partial charge in [0.15, 0.2) is 0 Å². The summed E-state index contributed by atoms with van der Waals surface area (Å²) in [7, 11) is 0. The second-order valence-electron chi connectivity index (χ2n) is 7.83. The van der Waals surface area contributed by atoms with Crippen LogP contribution < -0.4 is 0 Å². The van der Waals surface area contributed by atoms with Gasteiger partial charge in [-0.05, 0) is 64.3 Å². The summed E-state index contributed by atoms with van der Waals surface area (Å²) in [6.07, 6.45) is 0.458. The van der Waals surface area contributed by atoms with Crippen molar-refractivity contribution in [2.24, 2.45) is 0 Å². The van der Waals surface area contributed by atoms with Crippen LogP contribution in [0.4, 0.5) is 9.18 Å². The molecule has 6 heteroatoms. The van der Waals surface area contributed by atoms with Crippen LogP contribution in [0.25, 0.3) is 0 Å². The van der Waals surface area contributed by atoms with Crippen LogP contribution in [-0.2, 0) is 17.7 Å². The molecule has 1 unspecified atom stereocenters. The van der Waals surface area contributed by atoms with Crippen LogP contribution >= 0.6 is 0 Å². The lowest BCUT2D eigenvalue weighted by atomic mass is 10.0. The maximum atomic E-state index is 13.2. The third-order valence-corrected chi connectivity index (χ3v) is 4.66. The zero-order chi connectivity index (χ0) is 19.1. The van der Waals surface area contributed by atoms with Gasteiger partial charge in [0.05, 0.1) is 24.0 Å². The molecule has 0 spiro atoms. The third-order valence-electron chi connectivity index (χ3n) is 4.66. The van der Waals surface area contributed by atoms with Crippen LogP contribution in [0.3, 0.4) is 0 Å². The first kappa shape index (κ1) is 18.4. The van der Waals surface area contributed by atoms with E-state index in [1.807, 2.05) is 39.3 Å². The van der Waals surface area contributed by atoms with Gasteiger partial charge in [0.25, 0.3) is 0 Å². The van der Waals surface area contributed by atoms with E-state index in [0.717, 1.165) is 23.4 Å². The molecule has 140 valence electrons. The van der Waals surface area contributed by atoms with Gasteiger partial charge in [0.1, 0.15) is 11.4 Å². The average Bonchev–Trinajstić information content (AvgIpc) is 2.90. The van der Waals surface area contributed by atoms with Crippen molar-refractivity contribution in [1.29, 1.82) is 0 Å². The zero-order valence-corrected chi connectivity index (χ0v) is 16.0. The van der Waals surface area contributed by atoms with E-state index in [4.69, 9.17) is 9.84 Å². The van der Waals surface area contributed by atoms with Crippen molar-refractivity contribution in [2.75, 3.05) is 6.54 Å². The lowest BCUT2D eigenvalue weighted by molar-refractivity contribution is 0.0218. The number of ether oxygens (including phenoxy) is 1. The highest BCUT2D eigenvalue weighted by Gasteiger charge is 2.30. The predicted octanol–water partition coefficient (Wildman–Crippen LogP) is 4.23. The molecule has 2 aromatic rings. The number of aromatic nitrogens is 2. The Morgan fingerprint density at radius 3 is 2.54 bits per heavy atom. The Morgan fingerprint density at radius 2 is 1.92 bits per heavy atom. The van der Waals surface area contributed by atoms with Gasteiger partial charge < -0.3 is 9.64 Å². The molecule has 26 heavy (non-hydrogen) atoms. The SMILES string of the molecule is Cc1nn(C(C)c2ccc(F)cc2)c2c1CCN(C(=O)OC(C)(C)C)C2. The van der Waals surface area contributed by atoms with Crippen molar-refractivity contribution in [3.05, 3.63) is 52.6 Å². The third kappa shape index (κ3) is 3.74. The smallest absolute Gasteiger partial charge is 0.410 e. The van der Waals surface area contributed by atoms with E-state index in [-0.39, 0.29) is 18.0 Å². The van der Waals surface area contributed by atoms with Gasteiger partial charge in [0.2, 0.25) is 0 Å². The Bertz CT molecular complexity index is 806. The number of nitrogens with zero attached hydrogens (tertiary/aromatic N) is 3. The quantitative estimate of drug-likeness (QED) is 0.806. The molecule has 5 nitrogen and oxygen atoms in total. The standard InChI is InChI=1S/C20H26FN3O2/c1-13-17-10-11-23(19(25)26-20(3,4)5)12-18(17)24(22-13)14(2)15-6-8-16(21)9-7-15/h6-9,14H,10-12H2,1-5H3. The molecule has 0 fully saturated rings. The van der Waals surface area contributed by atoms with Gasteiger partial charge in [0, 0.05) is 6.54 Å². The van der Waals surface area contributed by atoms with Gasteiger partial charge in [-0.2, -0.15) is 5.10 Å². The number of amides is 1. The van der Waals surface area contributed by atoms with Crippen LogP contribution in [0.15, 0.2) is 24.3 Å². The average molecular weight is 359 g/mol. The van der Waals surface area contributed by atoms with E-state index in [1.165, 1.54) is 17.7 Å². The van der Waals surface area contributed by atoms with Crippen molar-refractivity contribution >= 4 is 6.09 Å².